The van der Waals surface area contributed by atoms with Crippen molar-refractivity contribution in [3.63, 3.8) is 0 Å². The summed E-state index contributed by atoms with van der Waals surface area (Å²) in [5.41, 5.74) is 1.86. The number of aromatic nitrogens is 3. The fraction of sp³-hybridized carbons (Fsp3) is 0.267. The second kappa shape index (κ2) is 6.32. The zero-order chi connectivity index (χ0) is 14.5. The Morgan fingerprint density at radius 3 is 3.00 bits per heavy atom. The van der Waals surface area contributed by atoms with Crippen molar-refractivity contribution in [3.8, 4) is 5.75 Å². The molecule has 0 aliphatic carbocycles. The summed E-state index contributed by atoms with van der Waals surface area (Å²) < 4.78 is 10.3. The van der Waals surface area contributed by atoms with Crippen molar-refractivity contribution >= 4 is 10.9 Å². The van der Waals surface area contributed by atoms with E-state index in [1.54, 1.807) is 7.11 Å². The van der Waals surface area contributed by atoms with E-state index in [4.69, 9.17) is 9.26 Å². The average Bonchev–Trinajstić information content (AvgIpc) is 3.04. The fourth-order valence-electron chi connectivity index (χ4n) is 2.14. The number of benzene rings is 1. The lowest BCUT2D eigenvalue weighted by molar-refractivity contribution is 0.374. The van der Waals surface area contributed by atoms with Crippen LogP contribution in [0.5, 0.6) is 5.75 Å². The van der Waals surface area contributed by atoms with Gasteiger partial charge in [0.05, 0.1) is 12.8 Å². The number of ether oxygens (including phenoxy) is 1. The van der Waals surface area contributed by atoms with Crippen molar-refractivity contribution in [3.05, 3.63) is 48.2 Å². The Morgan fingerprint density at radius 2 is 2.19 bits per heavy atom. The standard InChI is InChI=1S/C15H16N4O2/c1-20-13-4-2-3-11-5-6-12(19-15(11)13)9-16-8-7-14-17-10-18-21-14/h2-6,10,16H,7-9H2,1H3. The molecule has 0 amide bonds. The Balaban J connectivity index is 1.64. The van der Waals surface area contributed by atoms with Crippen LogP contribution < -0.4 is 10.1 Å². The van der Waals surface area contributed by atoms with E-state index in [0.717, 1.165) is 28.9 Å². The van der Waals surface area contributed by atoms with Gasteiger partial charge in [-0.3, -0.25) is 0 Å². The highest BCUT2D eigenvalue weighted by molar-refractivity contribution is 5.84. The van der Waals surface area contributed by atoms with Crippen LogP contribution in [0.3, 0.4) is 0 Å². The SMILES string of the molecule is COc1cccc2ccc(CNCCc3ncno3)nc12. The van der Waals surface area contributed by atoms with Crippen molar-refractivity contribution in [2.75, 3.05) is 13.7 Å². The minimum Gasteiger partial charge on any atom is -0.494 e. The summed E-state index contributed by atoms with van der Waals surface area (Å²) in [6.45, 7) is 1.44. The zero-order valence-corrected chi connectivity index (χ0v) is 11.7. The lowest BCUT2D eigenvalue weighted by Gasteiger charge is -2.07. The van der Waals surface area contributed by atoms with E-state index < -0.39 is 0 Å². The predicted molar refractivity (Wildman–Crippen MR) is 78.0 cm³/mol. The maximum atomic E-state index is 5.35. The van der Waals surface area contributed by atoms with Gasteiger partial charge in [-0.25, -0.2) is 4.98 Å². The highest BCUT2D eigenvalue weighted by Gasteiger charge is 2.04. The van der Waals surface area contributed by atoms with Crippen LogP contribution in [-0.2, 0) is 13.0 Å². The molecule has 108 valence electrons. The summed E-state index contributed by atoms with van der Waals surface area (Å²) in [5, 5.41) is 7.96. The quantitative estimate of drug-likeness (QED) is 0.698. The van der Waals surface area contributed by atoms with Crippen LogP contribution >= 0.6 is 0 Å². The van der Waals surface area contributed by atoms with Gasteiger partial charge in [0, 0.05) is 24.9 Å². The van der Waals surface area contributed by atoms with Gasteiger partial charge in [-0.1, -0.05) is 23.4 Å². The smallest absolute Gasteiger partial charge is 0.227 e. The van der Waals surface area contributed by atoms with Crippen LogP contribution in [0, 0.1) is 0 Å². The van der Waals surface area contributed by atoms with E-state index in [1.165, 1.54) is 6.33 Å². The maximum Gasteiger partial charge on any atom is 0.227 e. The molecule has 0 aliphatic heterocycles. The number of methoxy groups -OCH3 is 1. The van der Waals surface area contributed by atoms with Crippen LogP contribution in [0.2, 0.25) is 0 Å². The van der Waals surface area contributed by atoms with Crippen molar-refractivity contribution in [2.24, 2.45) is 0 Å². The Labute approximate surface area is 122 Å². The molecule has 0 aliphatic rings. The number of pyridine rings is 1. The van der Waals surface area contributed by atoms with Gasteiger partial charge < -0.3 is 14.6 Å². The molecule has 2 heterocycles. The van der Waals surface area contributed by atoms with Gasteiger partial charge in [-0.15, -0.1) is 0 Å². The number of nitrogens with zero attached hydrogens (tertiary/aromatic N) is 3. The number of hydrogen-bond acceptors (Lipinski definition) is 6. The van der Waals surface area contributed by atoms with E-state index in [0.29, 0.717) is 18.9 Å². The van der Waals surface area contributed by atoms with Gasteiger partial charge in [-0.05, 0) is 12.1 Å². The largest absolute Gasteiger partial charge is 0.494 e. The molecule has 3 rings (SSSR count). The molecule has 1 N–H and O–H groups in total. The van der Waals surface area contributed by atoms with Gasteiger partial charge in [0.15, 0.2) is 6.33 Å². The summed E-state index contributed by atoms with van der Waals surface area (Å²) in [5.74, 6) is 1.43. The highest BCUT2D eigenvalue weighted by Crippen LogP contribution is 2.23. The molecular formula is C15H16N4O2. The molecule has 6 nitrogen and oxygen atoms in total. The van der Waals surface area contributed by atoms with E-state index in [9.17, 15) is 0 Å². The topological polar surface area (TPSA) is 73.1 Å². The van der Waals surface area contributed by atoms with Gasteiger partial charge in [-0.2, -0.15) is 4.98 Å². The molecule has 0 bridgehead atoms. The first-order valence-electron chi connectivity index (χ1n) is 6.76. The highest BCUT2D eigenvalue weighted by atomic mass is 16.5. The van der Waals surface area contributed by atoms with Crippen LogP contribution in [0.4, 0.5) is 0 Å². The lowest BCUT2D eigenvalue weighted by atomic mass is 10.2. The Kier molecular flexibility index (Phi) is 4.07. The third-order valence-electron chi connectivity index (χ3n) is 3.19. The molecule has 1 aromatic carbocycles. The number of para-hydroxylation sites is 1. The van der Waals surface area contributed by atoms with Gasteiger partial charge in [0.25, 0.3) is 0 Å². The van der Waals surface area contributed by atoms with Gasteiger partial charge >= 0.3 is 0 Å². The number of rotatable bonds is 6. The van der Waals surface area contributed by atoms with Gasteiger partial charge in [0.1, 0.15) is 11.3 Å². The third kappa shape index (κ3) is 3.17. The molecule has 6 heteroatoms. The molecule has 0 atom stereocenters. The third-order valence-corrected chi connectivity index (χ3v) is 3.19. The molecular weight excluding hydrogens is 268 g/mol. The van der Waals surface area contributed by atoms with E-state index in [-0.39, 0.29) is 0 Å². The molecule has 3 aromatic rings. The second-order valence-electron chi connectivity index (χ2n) is 4.60. The van der Waals surface area contributed by atoms with Crippen LogP contribution in [-0.4, -0.2) is 28.8 Å². The van der Waals surface area contributed by atoms with Crippen LogP contribution in [0.15, 0.2) is 41.2 Å². The molecule has 0 saturated heterocycles. The summed E-state index contributed by atoms with van der Waals surface area (Å²) in [4.78, 5) is 8.62. The molecule has 0 radical (unpaired) electrons. The minimum atomic E-state index is 0.635. The molecule has 0 spiro atoms. The van der Waals surface area contributed by atoms with Gasteiger partial charge in [0.2, 0.25) is 5.89 Å². The lowest BCUT2D eigenvalue weighted by Crippen LogP contribution is -2.17. The summed E-state index contributed by atoms with van der Waals surface area (Å²) in [6, 6.07) is 9.98. The molecule has 0 saturated carbocycles. The monoisotopic (exact) mass is 284 g/mol. The average molecular weight is 284 g/mol. The van der Waals surface area contributed by atoms with Crippen LogP contribution in [0.25, 0.3) is 10.9 Å². The van der Waals surface area contributed by atoms with Crippen LogP contribution in [0.1, 0.15) is 11.6 Å². The normalized spacial score (nSPS) is 10.9. The molecule has 0 unspecified atom stereocenters. The maximum absolute atomic E-state index is 5.35. The summed E-state index contributed by atoms with van der Waals surface area (Å²) in [7, 11) is 1.66. The molecule has 21 heavy (non-hydrogen) atoms. The number of hydrogen-bond donors (Lipinski definition) is 1. The van der Waals surface area contributed by atoms with Crippen molar-refractivity contribution < 1.29 is 9.26 Å². The first-order valence-corrected chi connectivity index (χ1v) is 6.76. The number of nitrogens with one attached hydrogen (secondary N) is 1. The Hall–Kier alpha value is -2.47. The number of fused-ring (bicyclic) bond motifs is 1. The van der Waals surface area contributed by atoms with E-state index in [1.807, 2.05) is 24.3 Å². The second-order valence-corrected chi connectivity index (χ2v) is 4.60. The summed E-state index contributed by atoms with van der Waals surface area (Å²) >= 11 is 0. The van der Waals surface area contributed by atoms with E-state index >= 15 is 0 Å². The Morgan fingerprint density at radius 1 is 1.24 bits per heavy atom. The molecule has 0 fully saturated rings. The fourth-order valence-corrected chi connectivity index (χ4v) is 2.14. The Bertz CT molecular complexity index is 713. The first-order chi connectivity index (χ1) is 10.4. The predicted octanol–water partition coefficient (Wildman–Crippen LogP) is 1.96. The first kappa shape index (κ1) is 13.5. The van der Waals surface area contributed by atoms with Crippen molar-refractivity contribution in [2.45, 2.75) is 13.0 Å². The zero-order valence-electron chi connectivity index (χ0n) is 11.7. The van der Waals surface area contributed by atoms with Crippen molar-refractivity contribution in [1.29, 1.82) is 0 Å². The van der Waals surface area contributed by atoms with Crippen molar-refractivity contribution in [1.82, 2.24) is 20.4 Å². The minimum absolute atomic E-state index is 0.635. The molecule has 2 aromatic heterocycles. The van der Waals surface area contributed by atoms with E-state index in [2.05, 4.69) is 26.5 Å². The summed E-state index contributed by atoms with van der Waals surface area (Å²) in [6.07, 6.45) is 2.11.